The van der Waals surface area contributed by atoms with Crippen LogP contribution in [0.5, 0.6) is 0 Å². The van der Waals surface area contributed by atoms with Crippen LogP contribution < -0.4 is 5.32 Å². The number of amides is 1. The highest BCUT2D eigenvalue weighted by atomic mass is 79.9. The summed E-state index contributed by atoms with van der Waals surface area (Å²) in [5.74, 6) is -0.190. The first-order valence-corrected chi connectivity index (χ1v) is 6.37. The number of nitrogens with zero attached hydrogens (tertiary/aromatic N) is 3. The second kappa shape index (κ2) is 5.67. The summed E-state index contributed by atoms with van der Waals surface area (Å²) in [5, 5.41) is 15.7. The number of carbonyl (C=O) groups is 1. The number of hydrogen-bond donors (Lipinski definition) is 1. The quantitative estimate of drug-likeness (QED) is 0.945. The molecule has 1 amide bonds. The number of anilines is 1. The summed E-state index contributed by atoms with van der Waals surface area (Å²) in [6.45, 7) is 1.98. The second-order valence-electron chi connectivity index (χ2n) is 4.00. The summed E-state index contributed by atoms with van der Waals surface area (Å²) < 4.78 is 2.43. The highest BCUT2D eigenvalue weighted by Crippen LogP contribution is 2.13. The molecular weight excluding hydrogens is 308 g/mol. The first-order chi connectivity index (χ1) is 9.08. The lowest BCUT2D eigenvalue weighted by Crippen LogP contribution is -2.19. The predicted octanol–water partition coefficient (Wildman–Crippen LogP) is 2.46. The maximum absolute atomic E-state index is 11.8. The Morgan fingerprint density at radius 3 is 3.00 bits per heavy atom. The minimum Gasteiger partial charge on any atom is -0.324 e. The summed E-state index contributed by atoms with van der Waals surface area (Å²) in [4.78, 5) is 11.8. The Morgan fingerprint density at radius 2 is 2.37 bits per heavy atom. The highest BCUT2D eigenvalue weighted by Gasteiger charge is 2.07. The van der Waals surface area contributed by atoms with E-state index < -0.39 is 0 Å². The van der Waals surface area contributed by atoms with Gasteiger partial charge in [0, 0.05) is 11.9 Å². The van der Waals surface area contributed by atoms with E-state index in [2.05, 4.69) is 26.3 Å². The zero-order valence-electron chi connectivity index (χ0n) is 10.2. The zero-order valence-corrected chi connectivity index (χ0v) is 11.8. The summed E-state index contributed by atoms with van der Waals surface area (Å²) in [7, 11) is 0. The van der Waals surface area contributed by atoms with Crippen LogP contribution in [-0.4, -0.2) is 15.7 Å². The maximum atomic E-state index is 11.8. The predicted molar refractivity (Wildman–Crippen MR) is 74.5 cm³/mol. The van der Waals surface area contributed by atoms with Gasteiger partial charge >= 0.3 is 0 Å². The number of aryl methyl sites for hydroxylation is 1. The van der Waals surface area contributed by atoms with Crippen molar-refractivity contribution in [2.24, 2.45) is 0 Å². The summed E-state index contributed by atoms with van der Waals surface area (Å²) in [6.07, 6.45) is 1.75. The van der Waals surface area contributed by atoms with E-state index in [-0.39, 0.29) is 12.5 Å². The molecular formula is C13H11BrN4O. The van der Waals surface area contributed by atoms with Crippen LogP contribution in [0.15, 0.2) is 34.9 Å². The molecule has 0 atom stereocenters. The van der Waals surface area contributed by atoms with E-state index in [1.807, 2.05) is 13.0 Å². The Bertz CT molecular complexity index is 637. The molecule has 0 spiro atoms. The topological polar surface area (TPSA) is 70.7 Å². The summed E-state index contributed by atoms with van der Waals surface area (Å²) >= 11 is 3.34. The lowest BCUT2D eigenvalue weighted by atomic mass is 10.2. The van der Waals surface area contributed by atoms with Gasteiger partial charge in [-0.3, -0.25) is 9.48 Å². The first-order valence-electron chi connectivity index (χ1n) is 5.58. The fourth-order valence-corrected chi connectivity index (χ4v) is 1.90. The fourth-order valence-electron chi connectivity index (χ4n) is 1.59. The van der Waals surface area contributed by atoms with Crippen LogP contribution in [0.25, 0.3) is 0 Å². The van der Waals surface area contributed by atoms with Gasteiger partial charge in [0.1, 0.15) is 6.54 Å². The summed E-state index contributed by atoms with van der Waals surface area (Å²) in [6, 6.07) is 8.80. The van der Waals surface area contributed by atoms with Gasteiger partial charge in [0.05, 0.1) is 21.8 Å². The first kappa shape index (κ1) is 13.3. The Hall–Kier alpha value is -2.13. The van der Waals surface area contributed by atoms with E-state index in [4.69, 9.17) is 5.26 Å². The average molecular weight is 319 g/mol. The Labute approximate surface area is 119 Å². The number of halogens is 1. The van der Waals surface area contributed by atoms with Crippen LogP contribution in [0.2, 0.25) is 0 Å². The van der Waals surface area contributed by atoms with Crippen molar-refractivity contribution < 1.29 is 4.79 Å². The molecule has 0 unspecified atom stereocenters. The molecule has 1 aromatic carbocycles. The van der Waals surface area contributed by atoms with Crippen LogP contribution in [-0.2, 0) is 11.3 Å². The Morgan fingerprint density at radius 1 is 1.58 bits per heavy atom. The molecule has 96 valence electrons. The van der Waals surface area contributed by atoms with Gasteiger partial charge in [-0.05, 0) is 41.1 Å². The van der Waals surface area contributed by atoms with Gasteiger partial charge in [-0.2, -0.15) is 10.4 Å². The maximum Gasteiger partial charge on any atom is 0.246 e. The molecule has 0 aliphatic heterocycles. The zero-order chi connectivity index (χ0) is 13.8. The van der Waals surface area contributed by atoms with Gasteiger partial charge in [-0.25, -0.2) is 0 Å². The van der Waals surface area contributed by atoms with E-state index >= 15 is 0 Å². The van der Waals surface area contributed by atoms with E-state index in [0.29, 0.717) is 11.3 Å². The normalized spacial score (nSPS) is 9.95. The minimum absolute atomic E-state index is 0.128. The van der Waals surface area contributed by atoms with E-state index in [0.717, 1.165) is 10.2 Å². The molecule has 1 N–H and O–H groups in total. The van der Waals surface area contributed by atoms with Crippen molar-refractivity contribution in [3.63, 3.8) is 0 Å². The van der Waals surface area contributed by atoms with Gasteiger partial charge < -0.3 is 5.32 Å². The largest absolute Gasteiger partial charge is 0.324 e. The molecule has 1 aromatic heterocycles. The van der Waals surface area contributed by atoms with Crippen molar-refractivity contribution in [3.05, 3.63) is 46.2 Å². The van der Waals surface area contributed by atoms with Crippen molar-refractivity contribution in [2.75, 3.05) is 5.32 Å². The number of hydrogen-bond acceptors (Lipinski definition) is 3. The smallest absolute Gasteiger partial charge is 0.246 e. The molecule has 2 rings (SSSR count). The van der Waals surface area contributed by atoms with Gasteiger partial charge in [0.2, 0.25) is 5.91 Å². The molecule has 19 heavy (non-hydrogen) atoms. The molecule has 2 aromatic rings. The number of carbonyl (C=O) groups excluding carboxylic acids is 1. The van der Waals surface area contributed by atoms with E-state index in [1.54, 1.807) is 35.1 Å². The van der Waals surface area contributed by atoms with Gasteiger partial charge in [-0.1, -0.05) is 6.07 Å². The molecule has 0 bridgehead atoms. The van der Waals surface area contributed by atoms with Crippen LogP contribution in [0.4, 0.5) is 5.69 Å². The molecule has 0 aliphatic carbocycles. The van der Waals surface area contributed by atoms with Crippen LogP contribution in [0.1, 0.15) is 11.3 Å². The second-order valence-corrected chi connectivity index (χ2v) is 4.86. The average Bonchev–Trinajstić information content (AvgIpc) is 2.68. The molecule has 0 saturated heterocycles. The van der Waals surface area contributed by atoms with E-state index in [9.17, 15) is 4.79 Å². The number of nitrogens with one attached hydrogen (secondary N) is 1. The monoisotopic (exact) mass is 318 g/mol. The molecule has 5 nitrogen and oxygen atoms in total. The third kappa shape index (κ3) is 3.42. The third-order valence-electron chi connectivity index (χ3n) is 2.47. The van der Waals surface area contributed by atoms with Crippen LogP contribution in [0, 0.1) is 18.3 Å². The number of aromatic nitrogens is 2. The molecule has 6 heteroatoms. The molecule has 0 aliphatic rings. The van der Waals surface area contributed by atoms with Crippen LogP contribution >= 0.6 is 15.9 Å². The standard InChI is InChI=1S/C13H11BrN4O/c1-9-12(14)7-18(17-9)8-13(19)16-11-4-2-3-10(5-11)6-15/h2-5,7H,8H2,1H3,(H,16,19). The number of nitriles is 1. The number of rotatable bonds is 3. The highest BCUT2D eigenvalue weighted by molar-refractivity contribution is 9.10. The van der Waals surface area contributed by atoms with Crippen molar-refractivity contribution in [2.45, 2.75) is 13.5 Å². The van der Waals surface area contributed by atoms with Gasteiger partial charge in [0.15, 0.2) is 0 Å². The molecule has 1 heterocycles. The molecule has 0 fully saturated rings. The Balaban J connectivity index is 2.03. The lowest BCUT2D eigenvalue weighted by Gasteiger charge is -2.05. The Kier molecular flexibility index (Phi) is 3.97. The third-order valence-corrected chi connectivity index (χ3v) is 3.25. The van der Waals surface area contributed by atoms with Gasteiger partial charge in [0.25, 0.3) is 0 Å². The van der Waals surface area contributed by atoms with Crippen molar-refractivity contribution in [1.82, 2.24) is 9.78 Å². The summed E-state index contributed by atoms with van der Waals surface area (Å²) in [5.41, 5.74) is 1.95. The molecule has 0 saturated carbocycles. The van der Waals surface area contributed by atoms with Crippen LogP contribution in [0.3, 0.4) is 0 Å². The lowest BCUT2D eigenvalue weighted by molar-refractivity contribution is -0.116. The minimum atomic E-state index is -0.190. The SMILES string of the molecule is Cc1nn(CC(=O)Nc2cccc(C#N)c2)cc1Br. The van der Waals surface area contributed by atoms with Crippen molar-refractivity contribution in [1.29, 1.82) is 5.26 Å². The van der Waals surface area contributed by atoms with Gasteiger partial charge in [-0.15, -0.1) is 0 Å². The molecule has 0 radical (unpaired) electrons. The van der Waals surface area contributed by atoms with E-state index in [1.165, 1.54) is 0 Å². The van der Waals surface area contributed by atoms with Crippen molar-refractivity contribution >= 4 is 27.5 Å². The van der Waals surface area contributed by atoms with Crippen molar-refractivity contribution in [3.8, 4) is 6.07 Å². The number of benzene rings is 1. The fraction of sp³-hybridized carbons (Fsp3) is 0.154.